The van der Waals surface area contributed by atoms with Gasteiger partial charge in [0, 0.05) is 47.4 Å². The fourth-order valence-electron chi connectivity index (χ4n) is 2.81. The summed E-state index contributed by atoms with van der Waals surface area (Å²) in [6, 6.07) is 8.15. The van der Waals surface area contributed by atoms with Crippen molar-refractivity contribution in [1.29, 1.82) is 0 Å². The van der Waals surface area contributed by atoms with Crippen molar-refractivity contribution >= 4 is 44.6 Å². The van der Waals surface area contributed by atoms with E-state index in [1.165, 1.54) is 35.1 Å². The number of nitro benzene ring substituents is 2. The molecule has 0 radical (unpaired) electrons. The van der Waals surface area contributed by atoms with Crippen molar-refractivity contribution in [2.75, 3.05) is 24.7 Å². The zero-order chi connectivity index (χ0) is 25.6. The number of nitrogens with one attached hydrogen (secondary N) is 1. The highest BCUT2D eigenvalue weighted by atomic mass is 33.1. The fraction of sp³-hybridized carbons (Fsp3) is 0.350. The highest BCUT2D eigenvalue weighted by molar-refractivity contribution is 8.76. The van der Waals surface area contributed by atoms with Gasteiger partial charge in [0.05, 0.1) is 28.6 Å². The van der Waals surface area contributed by atoms with Crippen molar-refractivity contribution in [3.8, 4) is 0 Å². The Hall–Kier alpha value is -3.36. The second kappa shape index (κ2) is 14.8. The van der Waals surface area contributed by atoms with E-state index in [2.05, 4.69) is 15.3 Å². The van der Waals surface area contributed by atoms with Crippen molar-refractivity contribution < 1.29 is 24.5 Å². The molecule has 2 rings (SSSR count). The second-order valence-electron chi connectivity index (χ2n) is 6.83. The van der Waals surface area contributed by atoms with Crippen LogP contribution < -0.4 is 5.32 Å². The van der Waals surface area contributed by atoms with Crippen LogP contribution in [0.4, 0.5) is 17.1 Å². The van der Waals surface area contributed by atoms with Gasteiger partial charge in [0.15, 0.2) is 0 Å². The summed E-state index contributed by atoms with van der Waals surface area (Å²) in [7, 11) is 3.10. The Balaban J connectivity index is 1.63. The van der Waals surface area contributed by atoms with Gasteiger partial charge in [0.2, 0.25) is 0 Å². The van der Waals surface area contributed by atoms with Gasteiger partial charge in [-0.05, 0) is 35.7 Å². The number of nitro groups is 2. The van der Waals surface area contributed by atoms with Crippen LogP contribution in [0, 0.1) is 20.2 Å². The molecule has 13 nitrogen and oxygen atoms in total. The van der Waals surface area contributed by atoms with Gasteiger partial charge in [-0.15, -0.1) is 0 Å². The maximum Gasteiger partial charge on any atom is 0.282 e. The first-order chi connectivity index (χ1) is 16.9. The number of azide groups is 1. The predicted molar refractivity (Wildman–Crippen MR) is 132 cm³/mol. The van der Waals surface area contributed by atoms with Gasteiger partial charge in [0.25, 0.3) is 17.3 Å². The SMILES string of the molecule is [N-]=[N+]=Nc1ccc([N+](=O)[O-])c(C(=O)NCCSSCCCOCc2ccc(CO)c([N+](=O)[O-])c2)c1. The van der Waals surface area contributed by atoms with Crippen LogP contribution in [0.5, 0.6) is 0 Å². The lowest BCUT2D eigenvalue weighted by atomic mass is 10.1. The summed E-state index contributed by atoms with van der Waals surface area (Å²) in [5, 5.41) is 37.3. The minimum Gasteiger partial charge on any atom is -0.391 e. The molecule has 0 saturated carbocycles. The number of ether oxygens (including phenoxy) is 1. The molecule has 15 heteroatoms. The lowest BCUT2D eigenvalue weighted by Crippen LogP contribution is -2.26. The molecular weight excluding hydrogens is 500 g/mol. The molecule has 0 spiro atoms. The van der Waals surface area contributed by atoms with Crippen molar-refractivity contribution in [2.45, 2.75) is 19.6 Å². The van der Waals surface area contributed by atoms with E-state index in [9.17, 15) is 25.0 Å². The summed E-state index contributed by atoms with van der Waals surface area (Å²) in [5.74, 6) is 0.724. The van der Waals surface area contributed by atoms with E-state index in [4.69, 9.17) is 15.4 Å². The summed E-state index contributed by atoms with van der Waals surface area (Å²) in [4.78, 5) is 35.9. The normalized spacial score (nSPS) is 10.4. The average Bonchev–Trinajstić information content (AvgIpc) is 2.84. The summed E-state index contributed by atoms with van der Waals surface area (Å²) in [6.07, 6.45) is 0.749. The third-order valence-corrected chi connectivity index (χ3v) is 6.93. The summed E-state index contributed by atoms with van der Waals surface area (Å²) in [6.45, 7) is 0.577. The molecule has 2 aromatic rings. The van der Waals surface area contributed by atoms with Gasteiger partial charge < -0.3 is 15.2 Å². The zero-order valence-corrected chi connectivity index (χ0v) is 20.0. The van der Waals surface area contributed by atoms with Gasteiger partial charge in [-0.2, -0.15) is 0 Å². The van der Waals surface area contributed by atoms with Crippen molar-refractivity contribution in [3.63, 3.8) is 0 Å². The third-order valence-electron chi connectivity index (χ3n) is 4.44. The number of hydrogen-bond donors (Lipinski definition) is 2. The molecule has 0 unspecified atom stereocenters. The molecule has 0 aromatic heterocycles. The van der Waals surface area contributed by atoms with Gasteiger partial charge >= 0.3 is 0 Å². The highest BCUT2D eigenvalue weighted by Gasteiger charge is 2.20. The van der Waals surface area contributed by atoms with Crippen LogP contribution in [0.3, 0.4) is 0 Å². The minimum atomic E-state index is -0.674. The summed E-state index contributed by atoms with van der Waals surface area (Å²) < 4.78 is 5.54. The van der Waals surface area contributed by atoms with Crippen LogP contribution in [0.1, 0.15) is 27.9 Å². The Morgan fingerprint density at radius 1 is 1.11 bits per heavy atom. The monoisotopic (exact) mass is 522 g/mol. The Labute approximate surface area is 207 Å². The Morgan fingerprint density at radius 2 is 1.86 bits per heavy atom. The molecule has 0 aliphatic heterocycles. The maximum atomic E-state index is 12.3. The molecule has 186 valence electrons. The topological polar surface area (TPSA) is 194 Å². The molecule has 35 heavy (non-hydrogen) atoms. The first-order valence-corrected chi connectivity index (χ1v) is 12.7. The molecule has 0 heterocycles. The Morgan fingerprint density at radius 3 is 2.54 bits per heavy atom. The van der Waals surface area contributed by atoms with Crippen LogP contribution in [-0.2, 0) is 18.0 Å². The summed E-state index contributed by atoms with van der Waals surface area (Å²) in [5.41, 5.74) is 8.83. The van der Waals surface area contributed by atoms with Crippen molar-refractivity contribution in [1.82, 2.24) is 5.32 Å². The van der Waals surface area contributed by atoms with Gasteiger partial charge in [-0.25, -0.2) is 0 Å². The molecular formula is C20H22N6O7S2. The number of carbonyl (C=O) groups is 1. The molecule has 0 bridgehead atoms. The van der Waals surface area contributed by atoms with Crippen LogP contribution in [0.2, 0.25) is 0 Å². The van der Waals surface area contributed by atoms with E-state index in [0.29, 0.717) is 24.5 Å². The third kappa shape index (κ3) is 9.07. The Bertz CT molecular complexity index is 1110. The highest BCUT2D eigenvalue weighted by Crippen LogP contribution is 2.25. The van der Waals surface area contributed by atoms with Crippen LogP contribution >= 0.6 is 21.6 Å². The van der Waals surface area contributed by atoms with Gasteiger partial charge in [0.1, 0.15) is 5.56 Å². The number of nitrogens with zero attached hydrogens (tertiary/aromatic N) is 5. The van der Waals surface area contributed by atoms with E-state index >= 15 is 0 Å². The number of rotatable bonds is 15. The fourth-order valence-corrected chi connectivity index (χ4v) is 4.78. The minimum absolute atomic E-state index is 0.107. The number of aliphatic hydroxyl groups is 1. The number of carbonyl (C=O) groups excluding carboxylic acids is 1. The number of hydrogen-bond acceptors (Lipinski definition) is 10. The van der Waals surface area contributed by atoms with E-state index in [0.717, 1.165) is 18.2 Å². The lowest BCUT2D eigenvalue weighted by Gasteiger charge is -2.07. The van der Waals surface area contributed by atoms with Crippen LogP contribution in [-0.4, -0.2) is 45.5 Å². The first-order valence-electron chi connectivity index (χ1n) is 10.2. The molecule has 0 aliphatic rings. The van der Waals surface area contributed by atoms with E-state index in [-0.39, 0.29) is 34.8 Å². The average molecular weight is 523 g/mol. The quantitative estimate of drug-likeness (QED) is 0.0636. The van der Waals surface area contributed by atoms with Gasteiger partial charge in [-0.1, -0.05) is 32.8 Å². The zero-order valence-electron chi connectivity index (χ0n) is 18.4. The molecule has 0 aliphatic carbocycles. The van der Waals surface area contributed by atoms with E-state index in [1.807, 2.05) is 0 Å². The lowest BCUT2D eigenvalue weighted by molar-refractivity contribution is -0.386. The first kappa shape index (κ1) is 27.9. The second-order valence-corrected chi connectivity index (χ2v) is 9.53. The maximum absolute atomic E-state index is 12.3. The van der Waals surface area contributed by atoms with Gasteiger partial charge in [-0.3, -0.25) is 25.0 Å². The molecule has 2 N–H and O–H groups in total. The largest absolute Gasteiger partial charge is 0.391 e. The molecule has 2 aromatic carbocycles. The van der Waals surface area contributed by atoms with Crippen LogP contribution in [0.25, 0.3) is 10.4 Å². The van der Waals surface area contributed by atoms with Crippen molar-refractivity contribution in [2.24, 2.45) is 5.11 Å². The van der Waals surface area contributed by atoms with E-state index < -0.39 is 22.4 Å². The Kier molecular flexibility index (Phi) is 11.8. The summed E-state index contributed by atoms with van der Waals surface area (Å²) >= 11 is 0. The number of benzene rings is 2. The number of amides is 1. The molecule has 0 fully saturated rings. The van der Waals surface area contributed by atoms with Crippen LogP contribution in [0.15, 0.2) is 41.5 Å². The predicted octanol–water partition coefficient (Wildman–Crippen LogP) is 4.66. The molecule has 0 saturated heterocycles. The molecule has 0 atom stereocenters. The molecule has 1 amide bonds. The van der Waals surface area contributed by atoms with E-state index in [1.54, 1.807) is 16.9 Å². The van der Waals surface area contributed by atoms with Crippen molar-refractivity contribution in [3.05, 3.63) is 83.8 Å². The standard InChI is InChI=1S/C20H22N6O7S2/c21-24-23-16-4-5-18(25(29)30)17(11-16)20(28)22-6-9-35-34-8-1-7-33-13-14-2-3-15(12-27)19(10-14)26(31)32/h2-5,10-11,27H,1,6-9,12-13H2,(H,22,28). The smallest absolute Gasteiger partial charge is 0.282 e. The number of aliphatic hydroxyl groups excluding tert-OH is 1.